The third-order valence-corrected chi connectivity index (χ3v) is 2.03. The highest BCUT2D eigenvalue weighted by Gasteiger charge is 2.12. The van der Waals surface area contributed by atoms with Gasteiger partial charge in [-0.25, -0.2) is 8.78 Å². The first-order valence-electron chi connectivity index (χ1n) is 4.70. The van der Waals surface area contributed by atoms with Crippen molar-refractivity contribution in [2.75, 3.05) is 13.2 Å². The fourth-order valence-electron chi connectivity index (χ4n) is 0.961. The molecule has 0 radical (unpaired) electrons. The number of aliphatic hydroxyl groups excluding tert-OH is 1. The van der Waals surface area contributed by atoms with E-state index in [0.29, 0.717) is 6.54 Å². The Hall–Kier alpha value is -0.220. The number of nitrogens with one attached hydrogen (secondary N) is 1. The van der Waals surface area contributed by atoms with Gasteiger partial charge in [0.1, 0.15) is 0 Å². The Morgan fingerprint density at radius 1 is 1.31 bits per heavy atom. The Kier molecular flexibility index (Phi) is 7.09. The zero-order valence-corrected chi connectivity index (χ0v) is 8.26. The van der Waals surface area contributed by atoms with Crippen molar-refractivity contribution < 1.29 is 13.9 Å². The van der Waals surface area contributed by atoms with Crippen LogP contribution in [0.5, 0.6) is 0 Å². The minimum atomic E-state index is -2.30. The molecule has 80 valence electrons. The topological polar surface area (TPSA) is 32.3 Å². The molecule has 2 unspecified atom stereocenters. The molecule has 0 saturated carbocycles. The molecule has 0 aliphatic carbocycles. The first kappa shape index (κ1) is 12.8. The van der Waals surface area contributed by atoms with Crippen molar-refractivity contribution in [3.8, 4) is 0 Å². The van der Waals surface area contributed by atoms with Crippen LogP contribution in [0, 0.1) is 5.92 Å². The van der Waals surface area contributed by atoms with Crippen LogP contribution in [-0.4, -0.2) is 30.7 Å². The third kappa shape index (κ3) is 6.90. The number of halogens is 2. The summed E-state index contributed by atoms with van der Waals surface area (Å²) in [5, 5.41) is 11.4. The van der Waals surface area contributed by atoms with Crippen molar-refractivity contribution >= 4 is 0 Å². The van der Waals surface area contributed by atoms with E-state index in [1.807, 2.05) is 6.92 Å². The third-order valence-electron chi connectivity index (χ3n) is 2.03. The predicted octanol–water partition coefficient (Wildman–Crippen LogP) is 1.64. The highest BCUT2D eigenvalue weighted by Crippen LogP contribution is 2.04. The lowest BCUT2D eigenvalue weighted by Crippen LogP contribution is -2.33. The molecule has 0 aliphatic heterocycles. The molecule has 0 fully saturated rings. The Morgan fingerprint density at radius 3 is 2.38 bits per heavy atom. The molecule has 0 saturated heterocycles. The van der Waals surface area contributed by atoms with E-state index in [1.54, 1.807) is 0 Å². The van der Waals surface area contributed by atoms with Crippen molar-refractivity contribution in [3.63, 3.8) is 0 Å². The van der Waals surface area contributed by atoms with Gasteiger partial charge >= 0.3 is 0 Å². The molecule has 0 amide bonds. The van der Waals surface area contributed by atoms with Crippen LogP contribution >= 0.6 is 0 Å². The van der Waals surface area contributed by atoms with Gasteiger partial charge in [-0.15, -0.1) is 0 Å². The SMILES string of the molecule is CC(CO)CCCNC(C)C(F)F. The first-order valence-corrected chi connectivity index (χ1v) is 4.70. The van der Waals surface area contributed by atoms with Crippen LogP contribution in [0.3, 0.4) is 0 Å². The Labute approximate surface area is 78.3 Å². The van der Waals surface area contributed by atoms with E-state index in [0.717, 1.165) is 12.8 Å². The van der Waals surface area contributed by atoms with E-state index in [1.165, 1.54) is 6.92 Å². The summed E-state index contributed by atoms with van der Waals surface area (Å²) in [5.74, 6) is 0.267. The van der Waals surface area contributed by atoms with Gasteiger partial charge in [-0.3, -0.25) is 0 Å². The Balaban J connectivity index is 3.25. The van der Waals surface area contributed by atoms with Gasteiger partial charge in [0.05, 0.1) is 6.04 Å². The van der Waals surface area contributed by atoms with Gasteiger partial charge in [0, 0.05) is 6.61 Å². The number of aliphatic hydroxyl groups is 1. The van der Waals surface area contributed by atoms with Crippen molar-refractivity contribution in [3.05, 3.63) is 0 Å². The molecule has 0 rings (SSSR count). The zero-order valence-electron chi connectivity index (χ0n) is 8.26. The van der Waals surface area contributed by atoms with Gasteiger partial charge in [0.25, 0.3) is 6.43 Å². The minimum Gasteiger partial charge on any atom is -0.396 e. The van der Waals surface area contributed by atoms with E-state index in [-0.39, 0.29) is 12.5 Å². The van der Waals surface area contributed by atoms with Crippen molar-refractivity contribution in [1.82, 2.24) is 5.32 Å². The largest absolute Gasteiger partial charge is 0.396 e. The van der Waals surface area contributed by atoms with E-state index in [9.17, 15) is 8.78 Å². The number of rotatable bonds is 7. The normalized spacial score (nSPS) is 16.2. The molecule has 2 atom stereocenters. The smallest absolute Gasteiger partial charge is 0.253 e. The van der Waals surface area contributed by atoms with Gasteiger partial charge < -0.3 is 10.4 Å². The van der Waals surface area contributed by atoms with Crippen LogP contribution in [0.1, 0.15) is 26.7 Å². The summed E-state index contributed by atoms with van der Waals surface area (Å²) < 4.78 is 24.0. The lowest BCUT2D eigenvalue weighted by Gasteiger charge is -2.13. The monoisotopic (exact) mass is 195 g/mol. The number of hydrogen-bond donors (Lipinski definition) is 2. The highest BCUT2D eigenvalue weighted by atomic mass is 19.3. The highest BCUT2D eigenvalue weighted by molar-refractivity contribution is 4.63. The van der Waals surface area contributed by atoms with E-state index < -0.39 is 12.5 Å². The molecular weight excluding hydrogens is 176 g/mol. The number of hydrogen-bond acceptors (Lipinski definition) is 2. The van der Waals surface area contributed by atoms with Gasteiger partial charge in [0.2, 0.25) is 0 Å². The molecule has 0 aromatic heterocycles. The first-order chi connectivity index (χ1) is 6.07. The molecule has 0 aromatic rings. The quantitative estimate of drug-likeness (QED) is 0.605. The van der Waals surface area contributed by atoms with Crippen LogP contribution in [0.25, 0.3) is 0 Å². The van der Waals surface area contributed by atoms with Gasteiger partial charge in [0.15, 0.2) is 0 Å². The Morgan fingerprint density at radius 2 is 1.92 bits per heavy atom. The fraction of sp³-hybridized carbons (Fsp3) is 1.00. The molecular formula is C9H19F2NO. The Bertz CT molecular complexity index is 122. The average Bonchev–Trinajstić information content (AvgIpc) is 2.11. The van der Waals surface area contributed by atoms with Crippen molar-refractivity contribution in [1.29, 1.82) is 0 Å². The van der Waals surface area contributed by atoms with Crippen molar-refractivity contribution in [2.45, 2.75) is 39.2 Å². The van der Waals surface area contributed by atoms with Gasteiger partial charge in [-0.05, 0) is 32.2 Å². The zero-order chi connectivity index (χ0) is 10.3. The summed E-state index contributed by atoms with van der Waals surface area (Å²) in [4.78, 5) is 0. The molecule has 0 aromatic carbocycles. The van der Waals surface area contributed by atoms with Crippen LogP contribution in [-0.2, 0) is 0 Å². The number of alkyl halides is 2. The van der Waals surface area contributed by atoms with Crippen LogP contribution in [0.2, 0.25) is 0 Å². The molecule has 0 heterocycles. The van der Waals surface area contributed by atoms with Crippen LogP contribution in [0.15, 0.2) is 0 Å². The second-order valence-corrected chi connectivity index (χ2v) is 3.51. The van der Waals surface area contributed by atoms with E-state index >= 15 is 0 Å². The van der Waals surface area contributed by atoms with Crippen molar-refractivity contribution in [2.24, 2.45) is 5.92 Å². The maximum atomic E-state index is 12.0. The summed E-state index contributed by atoms with van der Waals surface area (Å²) in [6.45, 7) is 4.18. The molecule has 0 aliphatic rings. The summed E-state index contributed by atoms with van der Waals surface area (Å²) in [6, 6.07) is -0.732. The minimum absolute atomic E-state index is 0.171. The maximum Gasteiger partial charge on any atom is 0.253 e. The van der Waals surface area contributed by atoms with E-state index in [2.05, 4.69) is 5.32 Å². The standard InChI is InChI=1S/C9H19F2NO/c1-7(6-13)4-3-5-12-8(2)9(10)11/h7-9,12-13H,3-6H2,1-2H3. The summed E-state index contributed by atoms with van der Waals surface area (Å²) in [6.07, 6.45) is -0.589. The molecule has 2 nitrogen and oxygen atoms in total. The van der Waals surface area contributed by atoms with Crippen LogP contribution < -0.4 is 5.32 Å². The molecule has 4 heteroatoms. The van der Waals surface area contributed by atoms with Crippen LogP contribution in [0.4, 0.5) is 8.78 Å². The van der Waals surface area contributed by atoms with Gasteiger partial charge in [-0.2, -0.15) is 0 Å². The predicted molar refractivity (Wildman–Crippen MR) is 49.0 cm³/mol. The summed E-state index contributed by atoms with van der Waals surface area (Å²) in [5.41, 5.74) is 0. The second kappa shape index (κ2) is 7.21. The maximum absolute atomic E-state index is 12.0. The molecule has 13 heavy (non-hydrogen) atoms. The summed E-state index contributed by atoms with van der Waals surface area (Å²) >= 11 is 0. The van der Waals surface area contributed by atoms with E-state index in [4.69, 9.17) is 5.11 Å². The summed E-state index contributed by atoms with van der Waals surface area (Å²) in [7, 11) is 0. The molecule has 0 spiro atoms. The van der Waals surface area contributed by atoms with Gasteiger partial charge in [-0.1, -0.05) is 6.92 Å². The lowest BCUT2D eigenvalue weighted by molar-refractivity contribution is 0.106. The average molecular weight is 195 g/mol. The molecule has 0 bridgehead atoms. The fourth-order valence-corrected chi connectivity index (χ4v) is 0.961. The second-order valence-electron chi connectivity index (χ2n) is 3.51. The molecule has 2 N–H and O–H groups in total. The lowest BCUT2D eigenvalue weighted by atomic mass is 10.1.